The van der Waals surface area contributed by atoms with Crippen molar-refractivity contribution in [3.05, 3.63) is 0 Å². The summed E-state index contributed by atoms with van der Waals surface area (Å²) in [6, 6.07) is 0.256. The Morgan fingerprint density at radius 1 is 1.42 bits per heavy atom. The van der Waals surface area contributed by atoms with Crippen LogP contribution in [0.3, 0.4) is 0 Å². The minimum Gasteiger partial charge on any atom is -0.380 e. The van der Waals surface area contributed by atoms with Gasteiger partial charge in [0, 0.05) is 25.7 Å². The van der Waals surface area contributed by atoms with Gasteiger partial charge in [0.1, 0.15) is 0 Å². The van der Waals surface area contributed by atoms with Gasteiger partial charge in [-0.2, -0.15) is 0 Å². The highest BCUT2D eigenvalue weighted by molar-refractivity contribution is 4.61. The van der Waals surface area contributed by atoms with E-state index in [1.807, 2.05) is 13.8 Å². The van der Waals surface area contributed by atoms with Crippen molar-refractivity contribution in [1.82, 2.24) is 4.90 Å². The van der Waals surface area contributed by atoms with Crippen molar-refractivity contribution in [3.8, 4) is 0 Å². The molecule has 0 heterocycles. The molecule has 0 unspecified atom stereocenters. The van der Waals surface area contributed by atoms with E-state index in [4.69, 9.17) is 10.5 Å². The minimum absolute atomic E-state index is 0.256. The Balaban J connectivity index is 3.39. The van der Waals surface area contributed by atoms with Gasteiger partial charge in [0.2, 0.25) is 0 Å². The van der Waals surface area contributed by atoms with E-state index in [2.05, 4.69) is 11.8 Å². The molecule has 0 radical (unpaired) electrons. The first-order valence-electron chi connectivity index (χ1n) is 4.76. The van der Waals surface area contributed by atoms with Crippen molar-refractivity contribution in [2.45, 2.75) is 26.8 Å². The molecule has 0 aliphatic rings. The van der Waals surface area contributed by atoms with Gasteiger partial charge in [-0.3, -0.25) is 4.90 Å². The highest BCUT2D eigenvalue weighted by Crippen LogP contribution is 1.90. The van der Waals surface area contributed by atoms with Crippen LogP contribution in [0.15, 0.2) is 0 Å². The van der Waals surface area contributed by atoms with E-state index in [0.717, 1.165) is 32.8 Å². The molecule has 0 aromatic heterocycles. The number of likely N-dealkylation sites (N-methyl/N-ethyl adjacent to an activating group) is 1. The Bertz CT molecular complexity index is 96.5. The maximum absolute atomic E-state index is 5.69. The maximum atomic E-state index is 5.69. The van der Waals surface area contributed by atoms with E-state index >= 15 is 0 Å². The summed E-state index contributed by atoms with van der Waals surface area (Å²) in [6.45, 7) is 10.8. The van der Waals surface area contributed by atoms with Gasteiger partial charge in [-0.05, 0) is 20.4 Å². The predicted molar refractivity (Wildman–Crippen MR) is 52.3 cm³/mol. The van der Waals surface area contributed by atoms with E-state index in [1.165, 1.54) is 0 Å². The van der Waals surface area contributed by atoms with Gasteiger partial charge >= 0.3 is 0 Å². The number of nitrogens with two attached hydrogens (primary N) is 1. The summed E-state index contributed by atoms with van der Waals surface area (Å²) < 4.78 is 5.26. The quantitative estimate of drug-likeness (QED) is 0.577. The zero-order valence-electron chi connectivity index (χ0n) is 8.55. The number of hydrogen-bond donors (Lipinski definition) is 1. The lowest BCUT2D eigenvalue weighted by Crippen LogP contribution is -2.37. The summed E-state index contributed by atoms with van der Waals surface area (Å²) in [7, 11) is 0. The van der Waals surface area contributed by atoms with Crippen molar-refractivity contribution in [2.24, 2.45) is 5.73 Å². The number of nitrogens with zero attached hydrogens (tertiary/aromatic N) is 1. The first kappa shape index (κ1) is 11.9. The molecule has 0 spiro atoms. The van der Waals surface area contributed by atoms with Gasteiger partial charge in [-0.25, -0.2) is 0 Å². The fourth-order valence-corrected chi connectivity index (χ4v) is 1.12. The molecule has 0 aliphatic carbocycles. The van der Waals surface area contributed by atoms with E-state index in [9.17, 15) is 0 Å². The molecule has 3 nitrogen and oxygen atoms in total. The lowest BCUT2D eigenvalue weighted by atomic mass is 10.3. The second-order valence-corrected chi connectivity index (χ2v) is 3.07. The second kappa shape index (κ2) is 7.53. The second-order valence-electron chi connectivity index (χ2n) is 3.07. The summed E-state index contributed by atoms with van der Waals surface area (Å²) in [6.07, 6.45) is 0. The van der Waals surface area contributed by atoms with Crippen molar-refractivity contribution in [1.29, 1.82) is 0 Å². The maximum Gasteiger partial charge on any atom is 0.0593 e. The monoisotopic (exact) mass is 174 g/mol. The first-order chi connectivity index (χ1) is 5.70. The van der Waals surface area contributed by atoms with Gasteiger partial charge in [-0.1, -0.05) is 6.92 Å². The van der Waals surface area contributed by atoms with E-state index in [1.54, 1.807) is 0 Å². The lowest BCUT2D eigenvalue weighted by molar-refractivity contribution is 0.113. The molecule has 0 saturated heterocycles. The molecular formula is C9H22N2O. The molecule has 0 aromatic rings. The molecule has 0 bridgehead atoms. The van der Waals surface area contributed by atoms with Crippen LogP contribution in [-0.2, 0) is 4.74 Å². The highest BCUT2D eigenvalue weighted by Gasteiger charge is 2.03. The normalized spacial score (nSPS) is 13.8. The lowest BCUT2D eigenvalue weighted by Gasteiger charge is -2.21. The number of rotatable bonds is 7. The van der Waals surface area contributed by atoms with Gasteiger partial charge in [-0.15, -0.1) is 0 Å². The smallest absolute Gasteiger partial charge is 0.0593 e. The van der Waals surface area contributed by atoms with E-state index < -0.39 is 0 Å². The standard InChI is InChI=1S/C9H22N2O/c1-4-11(8-9(3)10)6-7-12-5-2/h9H,4-8,10H2,1-3H3/t9-/m0/s1. The third-order valence-corrected chi connectivity index (χ3v) is 1.75. The van der Waals surface area contributed by atoms with Crippen molar-refractivity contribution < 1.29 is 4.74 Å². The van der Waals surface area contributed by atoms with E-state index in [0.29, 0.717) is 0 Å². The Kier molecular flexibility index (Phi) is 7.45. The van der Waals surface area contributed by atoms with Crippen molar-refractivity contribution in [2.75, 3.05) is 32.8 Å². The van der Waals surface area contributed by atoms with Crippen LogP contribution >= 0.6 is 0 Å². The van der Waals surface area contributed by atoms with Gasteiger partial charge in [0.15, 0.2) is 0 Å². The zero-order chi connectivity index (χ0) is 9.40. The summed E-state index contributed by atoms with van der Waals surface area (Å²) in [5.41, 5.74) is 5.69. The molecule has 0 fully saturated rings. The number of ether oxygens (including phenoxy) is 1. The van der Waals surface area contributed by atoms with Crippen molar-refractivity contribution in [3.63, 3.8) is 0 Å². The highest BCUT2D eigenvalue weighted by atomic mass is 16.5. The fraction of sp³-hybridized carbons (Fsp3) is 1.00. The molecule has 0 aliphatic heterocycles. The molecule has 0 amide bonds. The minimum atomic E-state index is 0.256. The SMILES string of the molecule is CCOCCN(CC)C[C@H](C)N. The molecule has 74 valence electrons. The summed E-state index contributed by atoms with van der Waals surface area (Å²) in [5, 5.41) is 0. The molecule has 2 N–H and O–H groups in total. The molecule has 3 heteroatoms. The fourth-order valence-electron chi connectivity index (χ4n) is 1.12. The Labute approximate surface area is 75.9 Å². The molecule has 1 atom stereocenters. The Morgan fingerprint density at radius 3 is 2.50 bits per heavy atom. The van der Waals surface area contributed by atoms with Crippen LogP contribution < -0.4 is 5.73 Å². The average Bonchev–Trinajstić information content (AvgIpc) is 2.02. The van der Waals surface area contributed by atoms with E-state index in [-0.39, 0.29) is 6.04 Å². The van der Waals surface area contributed by atoms with Gasteiger partial charge in [0.05, 0.1) is 6.61 Å². The van der Waals surface area contributed by atoms with Gasteiger partial charge in [0.25, 0.3) is 0 Å². The largest absolute Gasteiger partial charge is 0.380 e. The van der Waals surface area contributed by atoms with Crippen LogP contribution in [0.1, 0.15) is 20.8 Å². The topological polar surface area (TPSA) is 38.5 Å². The number of hydrogen-bond acceptors (Lipinski definition) is 3. The van der Waals surface area contributed by atoms with Crippen LogP contribution in [0, 0.1) is 0 Å². The summed E-state index contributed by atoms with van der Waals surface area (Å²) >= 11 is 0. The Morgan fingerprint density at radius 2 is 2.08 bits per heavy atom. The first-order valence-corrected chi connectivity index (χ1v) is 4.76. The van der Waals surface area contributed by atoms with Crippen LogP contribution in [0.25, 0.3) is 0 Å². The summed E-state index contributed by atoms with van der Waals surface area (Å²) in [5.74, 6) is 0. The van der Waals surface area contributed by atoms with Crippen LogP contribution in [-0.4, -0.2) is 43.8 Å². The third kappa shape index (κ3) is 6.58. The van der Waals surface area contributed by atoms with Crippen LogP contribution in [0.5, 0.6) is 0 Å². The van der Waals surface area contributed by atoms with Crippen LogP contribution in [0.2, 0.25) is 0 Å². The van der Waals surface area contributed by atoms with Crippen molar-refractivity contribution >= 4 is 0 Å². The zero-order valence-corrected chi connectivity index (χ0v) is 8.55. The molecular weight excluding hydrogens is 152 g/mol. The predicted octanol–water partition coefficient (Wildman–Crippen LogP) is 0.692. The van der Waals surface area contributed by atoms with Gasteiger partial charge < -0.3 is 10.5 Å². The third-order valence-electron chi connectivity index (χ3n) is 1.75. The molecule has 0 aromatic carbocycles. The van der Waals surface area contributed by atoms with Crippen LogP contribution in [0.4, 0.5) is 0 Å². The average molecular weight is 174 g/mol. The summed E-state index contributed by atoms with van der Waals surface area (Å²) in [4.78, 5) is 2.31. The Hall–Kier alpha value is -0.120. The molecule has 0 rings (SSSR count). The molecule has 0 saturated carbocycles. The molecule has 12 heavy (non-hydrogen) atoms.